The molecule has 3 unspecified atom stereocenters. The zero-order chi connectivity index (χ0) is 14.6. The third kappa shape index (κ3) is 4.11. The lowest BCUT2D eigenvalue weighted by atomic mass is 10.1. The lowest BCUT2D eigenvalue weighted by Crippen LogP contribution is -2.41. The molecule has 1 fully saturated rings. The van der Waals surface area contributed by atoms with E-state index in [9.17, 15) is 9.90 Å². The summed E-state index contributed by atoms with van der Waals surface area (Å²) in [6, 6.07) is 9.66. The van der Waals surface area contributed by atoms with Crippen molar-refractivity contribution < 1.29 is 24.1 Å². The van der Waals surface area contributed by atoms with Crippen LogP contribution in [0.3, 0.4) is 0 Å². The molecule has 1 aromatic rings. The first-order valence-corrected chi connectivity index (χ1v) is 6.62. The van der Waals surface area contributed by atoms with Crippen molar-refractivity contribution in [2.45, 2.75) is 44.6 Å². The van der Waals surface area contributed by atoms with E-state index in [4.69, 9.17) is 14.2 Å². The molecule has 0 aliphatic carbocycles. The van der Waals surface area contributed by atoms with Crippen molar-refractivity contribution in [2.24, 2.45) is 0 Å². The standard InChI is InChI=1S/C15H20O5/c1-15(2,17)20-13-10-18-12(8-16)14(13)19-9-11-6-4-3-5-7-11/h3-8,12-14,17H,9-10H2,1-2H3. The molecule has 110 valence electrons. The van der Waals surface area contributed by atoms with Crippen LogP contribution in [-0.4, -0.2) is 42.1 Å². The van der Waals surface area contributed by atoms with Crippen molar-refractivity contribution in [1.82, 2.24) is 0 Å². The van der Waals surface area contributed by atoms with Gasteiger partial charge in [-0.15, -0.1) is 0 Å². The number of rotatable bonds is 6. The van der Waals surface area contributed by atoms with Crippen LogP contribution in [0.15, 0.2) is 30.3 Å². The first kappa shape index (κ1) is 15.1. The molecular weight excluding hydrogens is 260 g/mol. The number of aldehydes is 1. The van der Waals surface area contributed by atoms with Gasteiger partial charge in [0.1, 0.15) is 18.3 Å². The molecule has 1 aliphatic heterocycles. The van der Waals surface area contributed by atoms with E-state index in [1.54, 1.807) is 0 Å². The highest BCUT2D eigenvalue weighted by atomic mass is 16.7. The van der Waals surface area contributed by atoms with E-state index >= 15 is 0 Å². The molecule has 1 heterocycles. The molecule has 0 aromatic heterocycles. The molecule has 0 radical (unpaired) electrons. The largest absolute Gasteiger partial charge is 0.368 e. The van der Waals surface area contributed by atoms with Crippen LogP contribution in [0.25, 0.3) is 0 Å². The minimum atomic E-state index is -1.29. The summed E-state index contributed by atoms with van der Waals surface area (Å²) in [7, 11) is 0. The SMILES string of the molecule is CC(C)(O)OC1COC(C=O)C1OCc1ccccc1. The summed E-state index contributed by atoms with van der Waals surface area (Å²) >= 11 is 0. The second kappa shape index (κ2) is 6.45. The Balaban J connectivity index is 1.98. The molecule has 2 rings (SSSR count). The monoisotopic (exact) mass is 280 g/mol. The Bertz CT molecular complexity index is 426. The summed E-state index contributed by atoms with van der Waals surface area (Å²) in [6.45, 7) is 3.67. The summed E-state index contributed by atoms with van der Waals surface area (Å²) in [5.74, 6) is -1.29. The van der Waals surface area contributed by atoms with Gasteiger partial charge >= 0.3 is 0 Å². The van der Waals surface area contributed by atoms with Crippen LogP contribution < -0.4 is 0 Å². The second-order valence-electron chi connectivity index (χ2n) is 5.30. The number of hydrogen-bond donors (Lipinski definition) is 1. The first-order valence-electron chi connectivity index (χ1n) is 6.62. The molecular formula is C15H20O5. The maximum atomic E-state index is 11.0. The number of hydrogen-bond acceptors (Lipinski definition) is 5. The Hall–Kier alpha value is -1.27. The molecule has 1 aliphatic rings. The van der Waals surface area contributed by atoms with E-state index in [2.05, 4.69) is 0 Å². The van der Waals surface area contributed by atoms with E-state index < -0.39 is 24.1 Å². The molecule has 5 heteroatoms. The highest BCUT2D eigenvalue weighted by Crippen LogP contribution is 2.24. The third-order valence-corrected chi connectivity index (χ3v) is 3.00. The molecule has 0 saturated carbocycles. The summed E-state index contributed by atoms with van der Waals surface area (Å²) in [4.78, 5) is 11.0. The van der Waals surface area contributed by atoms with Crippen LogP contribution in [0.2, 0.25) is 0 Å². The van der Waals surface area contributed by atoms with Gasteiger partial charge in [-0.05, 0) is 19.4 Å². The smallest absolute Gasteiger partial charge is 0.160 e. The molecule has 0 bridgehead atoms. The third-order valence-electron chi connectivity index (χ3n) is 3.00. The summed E-state index contributed by atoms with van der Waals surface area (Å²) < 4.78 is 16.6. The average Bonchev–Trinajstić information content (AvgIpc) is 2.77. The van der Waals surface area contributed by atoms with Crippen molar-refractivity contribution in [3.05, 3.63) is 35.9 Å². The van der Waals surface area contributed by atoms with E-state index in [1.165, 1.54) is 13.8 Å². The molecule has 1 N–H and O–H groups in total. The Labute approximate surface area is 118 Å². The van der Waals surface area contributed by atoms with Crippen molar-refractivity contribution in [2.75, 3.05) is 6.61 Å². The number of benzene rings is 1. The fourth-order valence-electron chi connectivity index (χ4n) is 2.16. The van der Waals surface area contributed by atoms with Crippen LogP contribution in [0, 0.1) is 0 Å². The lowest BCUT2D eigenvalue weighted by Gasteiger charge is -2.27. The van der Waals surface area contributed by atoms with Gasteiger partial charge in [-0.3, -0.25) is 0 Å². The maximum absolute atomic E-state index is 11.0. The van der Waals surface area contributed by atoms with Gasteiger partial charge in [0.15, 0.2) is 12.1 Å². The number of ether oxygens (including phenoxy) is 3. The van der Waals surface area contributed by atoms with E-state index in [-0.39, 0.29) is 6.61 Å². The van der Waals surface area contributed by atoms with Crippen LogP contribution in [0.4, 0.5) is 0 Å². The zero-order valence-corrected chi connectivity index (χ0v) is 11.7. The van der Waals surface area contributed by atoms with Crippen LogP contribution >= 0.6 is 0 Å². The Morgan fingerprint density at radius 1 is 1.40 bits per heavy atom. The Morgan fingerprint density at radius 2 is 2.10 bits per heavy atom. The van der Waals surface area contributed by atoms with Gasteiger partial charge in [0, 0.05) is 0 Å². The van der Waals surface area contributed by atoms with Crippen LogP contribution in [0.1, 0.15) is 19.4 Å². The maximum Gasteiger partial charge on any atom is 0.160 e. The molecule has 5 nitrogen and oxygen atoms in total. The summed E-state index contributed by atoms with van der Waals surface area (Å²) in [5.41, 5.74) is 1.01. The lowest BCUT2D eigenvalue weighted by molar-refractivity contribution is -0.223. The summed E-state index contributed by atoms with van der Waals surface area (Å²) in [5, 5.41) is 9.72. The second-order valence-corrected chi connectivity index (χ2v) is 5.30. The van der Waals surface area contributed by atoms with Gasteiger partial charge in [0.25, 0.3) is 0 Å². The van der Waals surface area contributed by atoms with Gasteiger partial charge in [-0.2, -0.15) is 0 Å². The van der Waals surface area contributed by atoms with Crippen molar-refractivity contribution in [3.8, 4) is 0 Å². The van der Waals surface area contributed by atoms with Crippen molar-refractivity contribution in [3.63, 3.8) is 0 Å². The predicted octanol–water partition coefficient (Wildman–Crippen LogP) is 1.28. The quantitative estimate of drug-likeness (QED) is 0.628. The minimum Gasteiger partial charge on any atom is -0.368 e. The average molecular weight is 280 g/mol. The molecule has 20 heavy (non-hydrogen) atoms. The van der Waals surface area contributed by atoms with Crippen molar-refractivity contribution in [1.29, 1.82) is 0 Å². The normalized spacial score (nSPS) is 26.6. The van der Waals surface area contributed by atoms with Gasteiger partial charge in [-0.25, -0.2) is 0 Å². The van der Waals surface area contributed by atoms with Gasteiger partial charge in [-0.1, -0.05) is 30.3 Å². The molecule has 3 atom stereocenters. The highest BCUT2D eigenvalue weighted by molar-refractivity contribution is 5.58. The zero-order valence-electron chi connectivity index (χ0n) is 11.7. The van der Waals surface area contributed by atoms with E-state index in [0.717, 1.165) is 5.56 Å². The van der Waals surface area contributed by atoms with Gasteiger partial charge in [0.2, 0.25) is 0 Å². The number of aliphatic hydroxyl groups is 1. The van der Waals surface area contributed by atoms with Gasteiger partial charge < -0.3 is 24.1 Å². The topological polar surface area (TPSA) is 65.0 Å². The fraction of sp³-hybridized carbons (Fsp3) is 0.533. The molecule has 1 aromatic carbocycles. The highest BCUT2D eigenvalue weighted by Gasteiger charge is 2.41. The number of carbonyl (C=O) groups excluding carboxylic acids is 1. The Kier molecular flexibility index (Phi) is 4.88. The number of carbonyl (C=O) groups is 1. The van der Waals surface area contributed by atoms with E-state index in [0.29, 0.717) is 12.9 Å². The minimum absolute atomic E-state index is 0.229. The van der Waals surface area contributed by atoms with Crippen LogP contribution in [-0.2, 0) is 25.6 Å². The molecule has 1 saturated heterocycles. The van der Waals surface area contributed by atoms with Crippen molar-refractivity contribution >= 4 is 6.29 Å². The molecule has 0 amide bonds. The van der Waals surface area contributed by atoms with E-state index in [1.807, 2.05) is 30.3 Å². The predicted molar refractivity (Wildman–Crippen MR) is 72.0 cm³/mol. The van der Waals surface area contributed by atoms with Crippen LogP contribution in [0.5, 0.6) is 0 Å². The summed E-state index contributed by atoms with van der Waals surface area (Å²) in [6.07, 6.45) is -0.928. The first-order chi connectivity index (χ1) is 9.49. The van der Waals surface area contributed by atoms with Gasteiger partial charge in [0.05, 0.1) is 13.2 Å². The Morgan fingerprint density at radius 3 is 2.70 bits per heavy atom. The fourth-order valence-corrected chi connectivity index (χ4v) is 2.16. The molecule has 0 spiro atoms.